The van der Waals surface area contributed by atoms with Gasteiger partial charge in [0.1, 0.15) is 11.7 Å². The van der Waals surface area contributed by atoms with Crippen molar-refractivity contribution in [3.63, 3.8) is 0 Å². The van der Waals surface area contributed by atoms with E-state index in [9.17, 15) is 19.2 Å². The monoisotopic (exact) mass is 502 g/mol. The van der Waals surface area contributed by atoms with Gasteiger partial charge in [-0.3, -0.25) is 19.2 Å². The molecule has 0 saturated heterocycles. The van der Waals surface area contributed by atoms with Gasteiger partial charge in [0.25, 0.3) is 5.91 Å². The number of halogens is 1. The summed E-state index contributed by atoms with van der Waals surface area (Å²) in [7, 11) is 1.69. The molecule has 0 aliphatic heterocycles. The Morgan fingerprint density at radius 1 is 1.20 bits per heavy atom. The molecule has 1 aliphatic rings. The zero-order valence-corrected chi connectivity index (χ0v) is 20.4. The Morgan fingerprint density at radius 2 is 1.94 bits per heavy atom. The van der Waals surface area contributed by atoms with Crippen LogP contribution in [0.2, 0.25) is 5.02 Å². The summed E-state index contributed by atoms with van der Waals surface area (Å²) in [4.78, 5) is 50.7. The largest absolute Gasteiger partial charge is 0.457 e. The molecule has 35 heavy (non-hydrogen) atoms. The fourth-order valence-electron chi connectivity index (χ4n) is 4.22. The van der Waals surface area contributed by atoms with Crippen molar-refractivity contribution in [1.29, 1.82) is 0 Å². The van der Waals surface area contributed by atoms with Crippen LogP contribution in [0.4, 0.5) is 0 Å². The van der Waals surface area contributed by atoms with Gasteiger partial charge in [-0.15, -0.1) is 0 Å². The van der Waals surface area contributed by atoms with E-state index in [0.717, 1.165) is 6.42 Å². The predicted molar refractivity (Wildman–Crippen MR) is 131 cm³/mol. The smallest absolute Gasteiger partial charge is 0.311 e. The first-order valence-electron chi connectivity index (χ1n) is 11.7. The van der Waals surface area contributed by atoms with Crippen LogP contribution in [0.1, 0.15) is 53.0 Å². The first kappa shape index (κ1) is 26.4. The molecule has 0 unspecified atom stereocenters. The number of Topliss-reactive ketones (excluding diaryl/α,β-unsaturated/α-hetero) is 1. The molecule has 1 aromatic heterocycles. The standard InChI is InChI=1S/C25H31ClN4O5/c1-30-14-17(26)13-21(30)24(33)29-20(11-6-12-27)23(32)28-19-10-5-9-18(19)25(34)35-15-22(31)16-7-3-2-4-8-16/h2-4,7-8,13-14,18-20H,5-6,9-12,15,27H2,1H3,(H,28,32)(H,29,33)/t18-,19+,20+/m1/s1. The fourth-order valence-corrected chi connectivity index (χ4v) is 4.47. The van der Waals surface area contributed by atoms with Crippen molar-refractivity contribution in [2.45, 2.75) is 44.2 Å². The Bertz CT molecular complexity index is 1060. The van der Waals surface area contributed by atoms with E-state index in [1.54, 1.807) is 48.1 Å². The lowest BCUT2D eigenvalue weighted by molar-refractivity contribution is -0.148. The molecule has 188 valence electrons. The van der Waals surface area contributed by atoms with Crippen molar-refractivity contribution in [3.05, 3.63) is 58.9 Å². The van der Waals surface area contributed by atoms with Crippen LogP contribution in [0.3, 0.4) is 0 Å². The fraction of sp³-hybridized carbons (Fsp3) is 0.440. The molecular formula is C25H31ClN4O5. The molecule has 3 atom stereocenters. The van der Waals surface area contributed by atoms with Crippen LogP contribution < -0.4 is 16.4 Å². The van der Waals surface area contributed by atoms with Gasteiger partial charge in [0, 0.05) is 24.8 Å². The molecule has 3 rings (SSSR count). The second-order valence-corrected chi connectivity index (χ2v) is 9.10. The highest BCUT2D eigenvalue weighted by atomic mass is 35.5. The lowest BCUT2D eigenvalue weighted by atomic mass is 10.0. The second kappa shape index (κ2) is 12.5. The number of amides is 2. The summed E-state index contributed by atoms with van der Waals surface area (Å²) in [6, 6.07) is 8.86. The van der Waals surface area contributed by atoms with Gasteiger partial charge >= 0.3 is 5.97 Å². The third-order valence-electron chi connectivity index (χ3n) is 6.11. The number of aryl methyl sites for hydroxylation is 1. The van der Waals surface area contributed by atoms with Crippen molar-refractivity contribution in [2.75, 3.05) is 13.2 Å². The maximum absolute atomic E-state index is 13.1. The Morgan fingerprint density at radius 3 is 2.60 bits per heavy atom. The van der Waals surface area contributed by atoms with E-state index < -0.39 is 35.8 Å². The van der Waals surface area contributed by atoms with E-state index in [-0.39, 0.29) is 12.4 Å². The van der Waals surface area contributed by atoms with Gasteiger partial charge in [0.15, 0.2) is 12.4 Å². The summed E-state index contributed by atoms with van der Waals surface area (Å²) < 4.78 is 6.85. The number of esters is 1. The Balaban J connectivity index is 1.59. The number of rotatable bonds is 11. The van der Waals surface area contributed by atoms with Crippen LogP contribution in [0, 0.1) is 5.92 Å². The van der Waals surface area contributed by atoms with Crippen molar-refractivity contribution in [1.82, 2.24) is 15.2 Å². The third kappa shape index (κ3) is 7.16. The third-order valence-corrected chi connectivity index (χ3v) is 6.32. The summed E-state index contributed by atoms with van der Waals surface area (Å²) in [5, 5.41) is 6.07. The number of nitrogens with one attached hydrogen (secondary N) is 2. The average Bonchev–Trinajstić information content (AvgIpc) is 3.45. The van der Waals surface area contributed by atoms with Crippen molar-refractivity contribution >= 4 is 35.2 Å². The number of ether oxygens (including phenoxy) is 1. The van der Waals surface area contributed by atoms with Crippen molar-refractivity contribution < 1.29 is 23.9 Å². The molecule has 2 aromatic rings. The zero-order valence-electron chi connectivity index (χ0n) is 19.7. The van der Waals surface area contributed by atoms with E-state index in [2.05, 4.69) is 10.6 Å². The molecular weight excluding hydrogens is 472 g/mol. The molecule has 0 radical (unpaired) electrons. The van der Waals surface area contributed by atoms with Gasteiger partial charge in [-0.2, -0.15) is 0 Å². The van der Waals surface area contributed by atoms with Gasteiger partial charge in [0.05, 0.1) is 10.9 Å². The molecule has 1 saturated carbocycles. The predicted octanol–water partition coefficient (Wildman–Crippen LogP) is 2.23. The number of benzene rings is 1. The molecule has 2 amide bonds. The molecule has 1 aliphatic carbocycles. The molecule has 1 aromatic carbocycles. The first-order valence-corrected chi connectivity index (χ1v) is 12.1. The van der Waals surface area contributed by atoms with Gasteiger partial charge in [-0.1, -0.05) is 48.4 Å². The van der Waals surface area contributed by atoms with Gasteiger partial charge in [0.2, 0.25) is 5.91 Å². The number of aromatic nitrogens is 1. The summed E-state index contributed by atoms with van der Waals surface area (Å²) in [6.07, 6.45) is 4.36. The number of carbonyl (C=O) groups excluding carboxylic acids is 4. The lowest BCUT2D eigenvalue weighted by Gasteiger charge is -2.24. The SMILES string of the molecule is Cn1cc(Cl)cc1C(=O)N[C@@H](CCCN)C(=O)N[C@H]1CCC[C@H]1C(=O)OCC(=O)c1ccccc1. The second-order valence-electron chi connectivity index (χ2n) is 8.66. The molecule has 1 fully saturated rings. The van der Waals surface area contributed by atoms with Crippen molar-refractivity contribution in [2.24, 2.45) is 18.7 Å². The minimum absolute atomic E-state index is 0.289. The van der Waals surface area contributed by atoms with Crippen LogP contribution in [-0.2, 0) is 21.4 Å². The van der Waals surface area contributed by atoms with Gasteiger partial charge < -0.3 is 25.7 Å². The van der Waals surface area contributed by atoms with Crippen molar-refractivity contribution in [3.8, 4) is 0 Å². The Kier molecular flexibility index (Phi) is 9.45. The minimum atomic E-state index is -0.823. The van der Waals surface area contributed by atoms with E-state index in [0.29, 0.717) is 48.5 Å². The highest BCUT2D eigenvalue weighted by Gasteiger charge is 2.37. The van der Waals surface area contributed by atoms with Crippen LogP contribution >= 0.6 is 11.6 Å². The summed E-state index contributed by atoms with van der Waals surface area (Å²) in [5.74, 6) is -2.18. The zero-order chi connectivity index (χ0) is 25.4. The molecule has 1 heterocycles. The highest BCUT2D eigenvalue weighted by Crippen LogP contribution is 2.27. The minimum Gasteiger partial charge on any atom is -0.457 e. The van der Waals surface area contributed by atoms with Gasteiger partial charge in [-0.05, 0) is 38.3 Å². The normalized spacial score (nSPS) is 18.0. The maximum Gasteiger partial charge on any atom is 0.311 e. The molecule has 9 nitrogen and oxygen atoms in total. The number of hydrogen-bond donors (Lipinski definition) is 3. The summed E-state index contributed by atoms with van der Waals surface area (Å²) in [6.45, 7) is 0.0118. The van der Waals surface area contributed by atoms with Crippen LogP contribution in [-0.4, -0.2) is 53.4 Å². The molecule has 0 bridgehead atoms. The first-order chi connectivity index (χ1) is 16.8. The molecule has 10 heteroatoms. The number of nitrogens with zero attached hydrogens (tertiary/aromatic N) is 1. The summed E-state index contributed by atoms with van der Waals surface area (Å²) >= 11 is 5.97. The van der Waals surface area contributed by atoms with E-state index >= 15 is 0 Å². The van der Waals surface area contributed by atoms with E-state index in [1.165, 1.54) is 6.07 Å². The topological polar surface area (TPSA) is 133 Å². The number of ketones is 1. The van der Waals surface area contributed by atoms with E-state index in [1.807, 2.05) is 0 Å². The van der Waals surface area contributed by atoms with Gasteiger partial charge in [-0.25, -0.2) is 0 Å². The number of carbonyl (C=O) groups is 4. The van der Waals surface area contributed by atoms with Crippen LogP contribution in [0.5, 0.6) is 0 Å². The Hall–Kier alpha value is -3.17. The Labute approximate surface area is 209 Å². The number of nitrogens with two attached hydrogens (primary N) is 1. The average molecular weight is 503 g/mol. The summed E-state index contributed by atoms with van der Waals surface area (Å²) in [5.41, 5.74) is 6.41. The van der Waals surface area contributed by atoms with E-state index in [4.69, 9.17) is 22.1 Å². The maximum atomic E-state index is 13.1. The van der Waals surface area contributed by atoms with Crippen LogP contribution in [0.25, 0.3) is 0 Å². The number of hydrogen-bond acceptors (Lipinski definition) is 6. The lowest BCUT2D eigenvalue weighted by Crippen LogP contribution is -2.51. The quantitative estimate of drug-likeness (QED) is 0.319. The van der Waals surface area contributed by atoms with Crippen LogP contribution in [0.15, 0.2) is 42.6 Å². The molecule has 0 spiro atoms. The molecule has 4 N–H and O–H groups in total. The highest BCUT2D eigenvalue weighted by molar-refractivity contribution is 6.31.